The first-order chi connectivity index (χ1) is 8.91. The molecule has 0 radical (unpaired) electrons. The lowest BCUT2D eigenvalue weighted by Gasteiger charge is -2.29. The van der Waals surface area contributed by atoms with Gasteiger partial charge in [-0.3, -0.25) is 4.79 Å². The molecule has 0 unspecified atom stereocenters. The van der Waals surface area contributed by atoms with Crippen molar-refractivity contribution in [1.29, 1.82) is 5.26 Å². The van der Waals surface area contributed by atoms with Gasteiger partial charge >= 0.3 is 6.18 Å². The average Bonchev–Trinajstić information content (AvgIpc) is 2.37. The molecule has 2 rings (SSSR count). The number of hydrogen-bond acceptors (Lipinski definition) is 3. The molecule has 4 nitrogen and oxygen atoms in total. The van der Waals surface area contributed by atoms with Gasteiger partial charge in [-0.05, 0) is 18.2 Å². The molecule has 0 atom stereocenters. The lowest BCUT2D eigenvalue weighted by atomic mass is 10.1. The number of carbonyl (C=O) groups is 1. The van der Waals surface area contributed by atoms with Crippen LogP contribution in [0.2, 0.25) is 0 Å². The predicted molar refractivity (Wildman–Crippen MR) is 61.4 cm³/mol. The maximum Gasteiger partial charge on any atom is 0.416 e. The number of nitrogens with one attached hydrogen (secondary N) is 1. The normalized spacial score (nSPS) is 15.9. The van der Waals surface area contributed by atoms with Crippen LogP contribution in [0.5, 0.6) is 0 Å². The first-order valence-corrected chi connectivity index (χ1v) is 5.55. The van der Waals surface area contributed by atoms with Crippen molar-refractivity contribution in [3.05, 3.63) is 29.3 Å². The summed E-state index contributed by atoms with van der Waals surface area (Å²) in [6, 6.07) is 4.71. The maximum absolute atomic E-state index is 12.6. The van der Waals surface area contributed by atoms with Crippen molar-refractivity contribution in [2.45, 2.75) is 6.18 Å². The Bertz CT molecular complexity index is 548. The zero-order valence-electron chi connectivity index (χ0n) is 9.79. The zero-order valence-corrected chi connectivity index (χ0v) is 9.79. The molecule has 1 aromatic carbocycles. The van der Waals surface area contributed by atoms with E-state index >= 15 is 0 Å². The molecule has 0 saturated carbocycles. The molecule has 1 saturated heterocycles. The van der Waals surface area contributed by atoms with E-state index in [0.29, 0.717) is 18.8 Å². The van der Waals surface area contributed by atoms with Gasteiger partial charge in [0.1, 0.15) is 6.07 Å². The van der Waals surface area contributed by atoms with Crippen molar-refractivity contribution in [2.24, 2.45) is 0 Å². The highest BCUT2D eigenvalue weighted by Gasteiger charge is 2.31. The largest absolute Gasteiger partial charge is 0.416 e. The molecule has 19 heavy (non-hydrogen) atoms. The van der Waals surface area contributed by atoms with Crippen molar-refractivity contribution >= 4 is 11.6 Å². The highest BCUT2D eigenvalue weighted by molar-refractivity contribution is 5.83. The van der Waals surface area contributed by atoms with E-state index in [-0.39, 0.29) is 18.0 Å². The smallest absolute Gasteiger partial charge is 0.359 e. The van der Waals surface area contributed by atoms with Crippen molar-refractivity contribution in [3.8, 4) is 6.07 Å². The number of halogens is 3. The molecule has 1 aliphatic rings. The first-order valence-electron chi connectivity index (χ1n) is 5.55. The summed E-state index contributed by atoms with van der Waals surface area (Å²) < 4.78 is 37.7. The summed E-state index contributed by atoms with van der Waals surface area (Å²) >= 11 is 0. The zero-order chi connectivity index (χ0) is 14.0. The molecule has 1 amide bonds. The summed E-state index contributed by atoms with van der Waals surface area (Å²) in [4.78, 5) is 12.9. The molecule has 7 heteroatoms. The van der Waals surface area contributed by atoms with Crippen LogP contribution in [0, 0.1) is 11.3 Å². The van der Waals surface area contributed by atoms with E-state index in [1.807, 2.05) is 0 Å². The minimum Gasteiger partial charge on any atom is -0.359 e. The minimum absolute atomic E-state index is 0.0417. The second kappa shape index (κ2) is 4.80. The molecule has 1 N–H and O–H groups in total. The fourth-order valence-electron chi connectivity index (χ4n) is 1.92. The van der Waals surface area contributed by atoms with Crippen LogP contribution in [-0.2, 0) is 11.0 Å². The quantitative estimate of drug-likeness (QED) is 0.840. The SMILES string of the molecule is N#Cc1cc(C(F)(F)F)ccc1N1CCNC(=O)C1. The lowest BCUT2D eigenvalue weighted by molar-refractivity contribution is -0.137. The van der Waals surface area contributed by atoms with Crippen LogP contribution in [-0.4, -0.2) is 25.5 Å². The predicted octanol–water partition coefficient (Wildman–Crippen LogP) is 1.51. The third kappa shape index (κ3) is 2.78. The second-order valence-corrected chi connectivity index (χ2v) is 4.11. The number of amides is 1. The van der Waals surface area contributed by atoms with Gasteiger partial charge in [0.15, 0.2) is 0 Å². The Kier molecular flexibility index (Phi) is 3.34. The molecule has 1 fully saturated rings. The highest BCUT2D eigenvalue weighted by Crippen LogP contribution is 2.32. The van der Waals surface area contributed by atoms with E-state index in [9.17, 15) is 18.0 Å². The summed E-state index contributed by atoms with van der Waals surface area (Å²) in [5, 5.41) is 11.6. The van der Waals surface area contributed by atoms with Crippen LogP contribution in [0.25, 0.3) is 0 Å². The number of carbonyl (C=O) groups excluding carboxylic acids is 1. The molecule has 1 aliphatic heterocycles. The van der Waals surface area contributed by atoms with Crippen LogP contribution < -0.4 is 10.2 Å². The van der Waals surface area contributed by atoms with Gasteiger partial charge in [-0.1, -0.05) is 0 Å². The number of alkyl halides is 3. The number of nitriles is 1. The van der Waals surface area contributed by atoms with Gasteiger partial charge in [-0.2, -0.15) is 18.4 Å². The number of hydrogen-bond donors (Lipinski definition) is 1. The van der Waals surface area contributed by atoms with Crippen LogP contribution >= 0.6 is 0 Å². The van der Waals surface area contributed by atoms with Crippen molar-refractivity contribution in [1.82, 2.24) is 5.32 Å². The van der Waals surface area contributed by atoms with Gasteiger partial charge in [0.2, 0.25) is 5.91 Å². The van der Waals surface area contributed by atoms with Gasteiger partial charge in [-0.25, -0.2) is 0 Å². The summed E-state index contributed by atoms with van der Waals surface area (Å²) in [5.74, 6) is -0.213. The Morgan fingerprint density at radius 3 is 2.68 bits per heavy atom. The lowest BCUT2D eigenvalue weighted by Crippen LogP contribution is -2.48. The maximum atomic E-state index is 12.6. The number of benzene rings is 1. The molecular weight excluding hydrogens is 259 g/mol. The van der Waals surface area contributed by atoms with Crippen molar-refractivity contribution in [3.63, 3.8) is 0 Å². The van der Waals surface area contributed by atoms with Crippen molar-refractivity contribution in [2.75, 3.05) is 24.5 Å². The summed E-state index contributed by atoms with van der Waals surface area (Å²) in [6.07, 6.45) is -4.48. The van der Waals surface area contributed by atoms with Gasteiger partial charge in [0.25, 0.3) is 0 Å². The van der Waals surface area contributed by atoms with Crippen LogP contribution in [0.3, 0.4) is 0 Å². The monoisotopic (exact) mass is 269 g/mol. The fraction of sp³-hybridized carbons (Fsp3) is 0.333. The van der Waals surface area contributed by atoms with E-state index in [2.05, 4.69) is 5.32 Å². The fourth-order valence-corrected chi connectivity index (χ4v) is 1.92. The molecule has 0 aromatic heterocycles. The van der Waals surface area contributed by atoms with Gasteiger partial charge < -0.3 is 10.2 Å². The molecular formula is C12H10F3N3O. The number of anilines is 1. The van der Waals surface area contributed by atoms with E-state index < -0.39 is 11.7 Å². The summed E-state index contributed by atoms with van der Waals surface area (Å²) in [7, 11) is 0. The van der Waals surface area contributed by atoms with Crippen molar-refractivity contribution < 1.29 is 18.0 Å². The highest BCUT2D eigenvalue weighted by atomic mass is 19.4. The van der Waals surface area contributed by atoms with E-state index in [1.165, 1.54) is 6.07 Å². The Hall–Kier alpha value is -2.23. The summed E-state index contributed by atoms with van der Waals surface area (Å²) in [5.41, 5.74) is -0.593. The molecule has 0 aliphatic carbocycles. The van der Waals surface area contributed by atoms with E-state index in [4.69, 9.17) is 5.26 Å². The third-order valence-corrected chi connectivity index (χ3v) is 2.82. The first kappa shape index (κ1) is 13.2. The Morgan fingerprint density at radius 1 is 1.37 bits per heavy atom. The van der Waals surface area contributed by atoms with E-state index in [1.54, 1.807) is 11.0 Å². The number of piperazine rings is 1. The van der Waals surface area contributed by atoms with Gasteiger partial charge in [-0.15, -0.1) is 0 Å². The minimum atomic E-state index is -4.48. The summed E-state index contributed by atoms with van der Waals surface area (Å²) in [6.45, 7) is 0.913. The molecule has 1 aromatic rings. The molecule has 100 valence electrons. The van der Waals surface area contributed by atoms with E-state index in [0.717, 1.165) is 12.1 Å². The van der Waals surface area contributed by atoms with Gasteiger partial charge in [0, 0.05) is 13.1 Å². The molecule has 1 heterocycles. The standard InChI is InChI=1S/C12H10F3N3O/c13-12(14,15)9-1-2-10(8(5-9)6-16)18-4-3-17-11(19)7-18/h1-2,5H,3-4,7H2,(H,17,19). The van der Waals surface area contributed by atoms with Crippen LogP contribution in [0.1, 0.15) is 11.1 Å². The average molecular weight is 269 g/mol. The number of rotatable bonds is 1. The molecule has 0 bridgehead atoms. The second-order valence-electron chi connectivity index (χ2n) is 4.11. The Morgan fingerprint density at radius 2 is 2.11 bits per heavy atom. The van der Waals surface area contributed by atoms with Crippen LogP contribution in [0.15, 0.2) is 18.2 Å². The van der Waals surface area contributed by atoms with Crippen LogP contribution in [0.4, 0.5) is 18.9 Å². The topological polar surface area (TPSA) is 56.1 Å². The Balaban J connectivity index is 2.36. The van der Waals surface area contributed by atoms with Gasteiger partial charge in [0.05, 0.1) is 23.4 Å². The third-order valence-electron chi connectivity index (χ3n) is 2.82. The Labute approximate surface area is 107 Å². The number of nitrogens with zero attached hydrogens (tertiary/aromatic N) is 2. The molecule has 0 spiro atoms.